The zero-order valence-electron chi connectivity index (χ0n) is 8.90. The van der Waals surface area contributed by atoms with Crippen LogP contribution in [0.1, 0.15) is 5.69 Å². The topological polar surface area (TPSA) is 42.2 Å². The molecule has 2 heterocycles. The van der Waals surface area contributed by atoms with E-state index in [4.69, 9.17) is 0 Å². The Kier molecular flexibility index (Phi) is 3.11. The van der Waals surface area contributed by atoms with Crippen LogP contribution < -0.4 is 5.32 Å². The summed E-state index contributed by atoms with van der Waals surface area (Å²) in [6, 6.07) is 5.97. The molecule has 0 atom stereocenters. The van der Waals surface area contributed by atoms with E-state index in [1.54, 1.807) is 11.8 Å². The Morgan fingerprint density at radius 2 is 2.33 bits per heavy atom. The SMILES string of the molecule is CSCCNc1nc2cccc(C)n2n1. The minimum Gasteiger partial charge on any atom is -0.352 e. The highest BCUT2D eigenvalue weighted by molar-refractivity contribution is 7.98. The van der Waals surface area contributed by atoms with Crippen LogP contribution in [0.5, 0.6) is 0 Å². The molecule has 2 rings (SSSR count). The van der Waals surface area contributed by atoms with Crippen molar-refractivity contribution in [2.24, 2.45) is 0 Å². The van der Waals surface area contributed by atoms with Crippen LogP contribution in [0.4, 0.5) is 5.95 Å². The van der Waals surface area contributed by atoms with Crippen molar-refractivity contribution in [1.29, 1.82) is 0 Å². The first-order chi connectivity index (χ1) is 7.31. The second-order valence-electron chi connectivity index (χ2n) is 3.29. The molecule has 0 aromatic carbocycles. The lowest BCUT2D eigenvalue weighted by Crippen LogP contribution is -2.05. The molecule has 80 valence electrons. The number of aryl methyl sites for hydroxylation is 1. The van der Waals surface area contributed by atoms with Gasteiger partial charge in [0.2, 0.25) is 5.95 Å². The molecular formula is C10H14N4S. The summed E-state index contributed by atoms with van der Waals surface area (Å²) >= 11 is 1.81. The lowest BCUT2D eigenvalue weighted by atomic mass is 10.4. The summed E-state index contributed by atoms with van der Waals surface area (Å²) in [4.78, 5) is 4.38. The Bertz CT molecular complexity index is 452. The standard InChI is InChI=1S/C10H14N4S/c1-8-4-3-5-9-12-10(13-14(8)9)11-6-7-15-2/h3-5H,6-7H2,1-2H3,(H,11,13). The Hall–Kier alpha value is -1.23. The molecular weight excluding hydrogens is 208 g/mol. The van der Waals surface area contributed by atoms with Crippen LogP contribution >= 0.6 is 11.8 Å². The van der Waals surface area contributed by atoms with Gasteiger partial charge in [0.1, 0.15) is 0 Å². The van der Waals surface area contributed by atoms with Gasteiger partial charge in [-0.25, -0.2) is 4.52 Å². The molecule has 2 aromatic rings. The van der Waals surface area contributed by atoms with E-state index in [1.165, 1.54) is 0 Å². The first-order valence-electron chi connectivity index (χ1n) is 4.86. The van der Waals surface area contributed by atoms with Crippen LogP contribution in [-0.4, -0.2) is 33.2 Å². The van der Waals surface area contributed by atoms with Crippen molar-refractivity contribution in [3.63, 3.8) is 0 Å². The molecule has 5 heteroatoms. The lowest BCUT2D eigenvalue weighted by Gasteiger charge is -1.97. The summed E-state index contributed by atoms with van der Waals surface area (Å²) in [6.07, 6.45) is 2.09. The Morgan fingerprint density at radius 3 is 3.07 bits per heavy atom. The van der Waals surface area contributed by atoms with Crippen molar-refractivity contribution < 1.29 is 0 Å². The van der Waals surface area contributed by atoms with E-state index in [9.17, 15) is 0 Å². The van der Waals surface area contributed by atoms with Crippen molar-refractivity contribution in [2.75, 3.05) is 23.9 Å². The molecule has 0 aliphatic rings. The summed E-state index contributed by atoms with van der Waals surface area (Å²) in [5, 5.41) is 7.57. The van der Waals surface area contributed by atoms with Crippen LogP contribution in [0.15, 0.2) is 18.2 Å². The molecule has 0 saturated carbocycles. The van der Waals surface area contributed by atoms with Crippen LogP contribution in [0.25, 0.3) is 5.65 Å². The van der Waals surface area contributed by atoms with Gasteiger partial charge in [-0.05, 0) is 25.3 Å². The number of aromatic nitrogens is 3. The summed E-state index contributed by atoms with van der Waals surface area (Å²) in [5.41, 5.74) is 1.99. The number of hydrogen-bond acceptors (Lipinski definition) is 4. The molecule has 4 nitrogen and oxygen atoms in total. The van der Waals surface area contributed by atoms with E-state index in [1.807, 2.05) is 29.6 Å². The molecule has 0 radical (unpaired) electrons. The van der Waals surface area contributed by atoms with E-state index >= 15 is 0 Å². The van der Waals surface area contributed by atoms with Gasteiger partial charge < -0.3 is 5.32 Å². The average Bonchev–Trinajstić information content (AvgIpc) is 2.63. The third kappa shape index (κ3) is 2.23. The summed E-state index contributed by atoms with van der Waals surface area (Å²) in [5.74, 6) is 1.77. The fourth-order valence-corrected chi connectivity index (χ4v) is 1.68. The summed E-state index contributed by atoms with van der Waals surface area (Å²) in [7, 11) is 0. The number of pyridine rings is 1. The van der Waals surface area contributed by atoms with Gasteiger partial charge in [-0.2, -0.15) is 16.7 Å². The fraction of sp³-hybridized carbons (Fsp3) is 0.400. The highest BCUT2D eigenvalue weighted by Gasteiger charge is 2.03. The highest BCUT2D eigenvalue weighted by atomic mass is 32.2. The number of nitrogens with zero attached hydrogens (tertiary/aromatic N) is 3. The van der Waals surface area contributed by atoms with Crippen molar-refractivity contribution >= 4 is 23.4 Å². The Labute approximate surface area is 93.1 Å². The predicted molar refractivity (Wildman–Crippen MR) is 64.6 cm³/mol. The smallest absolute Gasteiger partial charge is 0.243 e. The van der Waals surface area contributed by atoms with Gasteiger partial charge in [0, 0.05) is 18.0 Å². The number of anilines is 1. The van der Waals surface area contributed by atoms with Crippen LogP contribution in [-0.2, 0) is 0 Å². The number of thioether (sulfide) groups is 1. The van der Waals surface area contributed by atoms with E-state index in [-0.39, 0.29) is 0 Å². The van der Waals surface area contributed by atoms with Gasteiger partial charge in [-0.3, -0.25) is 0 Å². The van der Waals surface area contributed by atoms with Crippen LogP contribution in [0.2, 0.25) is 0 Å². The number of rotatable bonds is 4. The first kappa shape index (κ1) is 10.3. The largest absolute Gasteiger partial charge is 0.352 e. The van der Waals surface area contributed by atoms with Gasteiger partial charge in [0.15, 0.2) is 5.65 Å². The molecule has 0 amide bonds. The molecule has 0 fully saturated rings. The van der Waals surface area contributed by atoms with Gasteiger partial charge in [0.05, 0.1) is 0 Å². The van der Waals surface area contributed by atoms with E-state index in [0.29, 0.717) is 5.95 Å². The van der Waals surface area contributed by atoms with Crippen LogP contribution in [0.3, 0.4) is 0 Å². The molecule has 0 spiro atoms. The van der Waals surface area contributed by atoms with Gasteiger partial charge >= 0.3 is 0 Å². The summed E-state index contributed by atoms with van der Waals surface area (Å²) < 4.78 is 1.85. The maximum absolute atomic E-state index is 4.38. The second-order valence-corrected chi connectivity index (χ2v) is 4.28. The van der Waals surface area contributed by atoms with E-state index < -0.39 is 0 Å². The molecule has 0 bridgehead atoms. The average molecular weight is 222 g/mol. The molecule has 1 N–H and O–H groups in total. The zero-order valence-corrected chi connectivity index (χ0v) is 9.71. The highest BCUT2D eigenvalue weighted by Crippen LogP contribution is 2.07. The monoisotopic (exact) mass is 222 g/mol. The minimum absolute atomic E-state index is 0.707. The van der Waals surface area contributed by atoms with Crippen molar-refractivity contribution in [3.05, 3.63) is 23.9 Å². The normalized spacial score (nSPS) is 10.8. The quantitative estimate of drug-likeness (QED) is 0.801. The number of hydrogen-bond donors (Lipinski definition) is 1. The number of nitrogens with one attached hydrogen (secondary N) is 1. The maximum Gasteiger partial charge on any atom is 0.243 e. The van der Waals surface area contributed by atoms with Gasteiger partial charge in [-0.15, -0.1) is 5.10 Å². The molecule has 0 unspecified atom stereocenters. The first-order valence-corrected chi connectivity index (χ1v) is 6.26. The number of fused-ring (bicyclic) bond motifs is 1. The van der Waals surface area contributed by atoms with Crippen LogP contribution in [0, 0.1) is 6.92 Å². The lowest BCUT2D eigenvalue weighted by molar-refractivity contribution is 0.912. The Morgan fingerprint density at radius 1 is 1.47 bits per heavy atom. The third-order valence-corrected chi connectivity index (χ3v) is 2.75. The molecule has 0 saturated heterocycles. The zero-order chi connectivity index (χ0) is 10.7. The molecule has 2 aromatic heterocycles. The molecule has 0 aliphatic carbocycles. The maximum atomic E-state index is 4.38. The van der Waals surface area contributed by atoms with E-state index in [2.05, 4.69) is 21.7 Å². The molecule has 15 heavy (non-hydrogen) atoms. The third-order valence-electron chi connectivity index (χ3n) is 2.14. The van der Waals surface area contributed by atoms with Crippen molar-refractivity contribution in [3.8, 4) is 0 Å². The van der Waals surface area contributed by atoms with Gasteiger partial charge in [-0.1, -0.05) is 6.07 Å². The van der Waals surface area contributed by atoms with Crippen molar-refractivity contribution in [2.45, 2.75) is 6.92 Å². The Balaban J connectivity index is 2.20. The minimum atomic E-state index is 0.707. The molecule has 0 aliphatic heterocycles. The predicted octanol–water partition coefficient (Wildman–Crippen LogP) is 1.81. The van der Waals surface area contributed by atoms with Crippen molar-refractivity contribution in [1.82, 2.24) is 14.6 Å². The summed E-state index contributed by atoms with van der Waals surface area (Å²) in [6.45, 7) is 2.92. The fourth-order valence-electron chi connectivity index (χ4n) is 1.38. The van der Waals surface area contributed by atoms with E-state index in [0.717, 1.165) is 23.6 Å². The van der Waals surface area contributed by atoms with Gasteiger partial charge in [0.25, 0.3) is 0 Å². The second kappa shape index (κ2) is 4.53.